The van der Waals surface area contributed by atoms with Gasteiger partial charge < -0.3 is 9.32 Å². The second kappa shape index (κ2) is 7.72. The van der Waals surface area contributed by atoms with E-state index in [2.05, 4.69) is 26.6 Å². The van der Waals surface area contributed by atoms with Gasteiger partial charge in [0, 0.05) is 18.8 Å². The molecule has 22 heavy (non-hydrogen) atoms. The van der Waals surface area contributed by atoms with Crippen molar-refractivity contribution in [1.29, 1.82) is 0 Å². The lowest BCUT2D eigenvalue weighted by Gasteiger charge is -2.27. The molecule has 0 atom stereocenters. The molecule has 0 amide bonds. The standard InChI is InChI=1S/C16H24N4OS/c1-2-3-12-22-16-18-17-15(19-9-5-4-6-10-19)20(16)13-14-8-7-11-21-14/h7-8,11H,2-6,9-10,12-13H2,1H3. The first kappa shape index (κ1) is 15.5. The van der Waals surface area contributed by atoms with Crippen molar-refractivity contribution < 1.29 is 4.42 Å². The third-order valence-electron chi connectivity index (χ3n) is 3.96. The number of thioether (sulfide) groups is 1. The van der Waals surface area contributed by atoms with E-state index >= 15 is 0 Å². The predicted octanol–water partition coefficient (Wildman–Crippen LogP) is 3.80. The molecule has 0 unspecified atom stereocenters. The van der Waals surface area contributed by atoms with Crippen LogP contribution in [-0.4, -0.2) is 33.6 Å². The molecule has 3 heterocycles. The number of furan rings is 1. The van der Waals surface area contributed by atoms with E-state index < -0.39 is 0 Å². The fraction of sp³-hybridized carbons (Fsp3) is 0.625. The van der Waals surface area contributed by atoms with Gasteiger partial charge in [-0.05, 0) is 37.8 Å². The molecule has 0 bridgehead atoms. The summed E-state index contributed by atoms with van der Waals surface area (Å²) in [6.45, 7) is 5.08. The molecule has 1 saturated heterocycles. The van der Waals surface area contributed by atoms with Crippen LogP contribution in [0.5, 0.6) is 0 Å². The number of rotatable bonds is 7. The summed E-state index contributed by atoms with van der Waals surface area (Å²) < 4.78 is 7.74. The van der Waals surface area contributed by atoms with E-state index in [4.69, 9.17) is 4.42 Å². The highest BCUT2D eigenvalue weighted by molar-refractivity contribution is 7.99. The number of hydrogen-bond acceptors (Lipinski definition) is 5. The van der Waals surface area contributed by atoms with Gasteiger partial charge in [-0.15, -0.1) is 10.2 Å². The number of unbranched alkanes of at least 4 members (excludes halogenated alkanes) is 1. The van der Waals surface area contributed by atoms with Gasteiger partial charge in [-0.3, -0.25) is 4.57 Å². The molecule has 0 N–H and O–H groups in total. The predicted molar refractivity (Wildman–Crippen MR) is 89.5 cm³/mol. The Bertz CT molecular complexity index is 561. The third-order valence-corrected chi connectivity index (χ3v) is 5.01. The lowest BCUT2D eigenvalue weighted by Crippen LogP contribution is -2.32. The summed E-state index contributed by atoms with van der Waals surface area (Å²) in [6.07, 6.45) is 7.94. The first-order valence-corrected chi connectivity index (χ1v) is 9.20. The molecule has 2 aromatic heterocycles. The molecule has 0 spiro atoms. The van der Waals surface area contributed by atoms with Gasteiger partial charge in [0.05, 0.1) is 12.8 Å². The highest BCUT2D eigenvalue weighted by Crippen LogP contribution is 2.26. The van der Waals surface area contributed by atoms with Crippen molar-refractivity contribution in [3.05, 3.63) is 24.2 Å². The first-order valence-electron chi connectivity index (χ1n) is 8.22. The second-order valence-corrected chi connectivity index (χ2v) is 6.76. The van der Waals surface area contributed by atoms with E-state index in [0.29, 0.717) is 6.54 Å². The monoisotopic (exact) mass is 320 g/mol. The van der Waals surface area contributed by atoms with Gasteiger partial charge in [-0.25, -0.2) is 0 Å². The van der Waals surface area contributed by atoms with Crippen LogP contribution in [0.25, 0.3) is 0 Å². The van der Waals surface area contributed by atoms with Crippen LogP contribution in [0.4, 0.5) is 5.95 Å². The summed E-state index contributed by atoms with van der Waals surface area (Å²) in [5.41, 5.74) is 0. The molecule has 1 aliphatic rings. The molecule has 0 radical (unpaired) electrons. The normalized spacial score (nSPS) is 15.4. The largest absolute Gasteiger partial charge is 0.467 e. The van der Waals surface area contributed by atoms with Gasteiger partial charge in [0.25, 0.3) is 0 Å². The minimum atomic E-state index is 0.709. The Morgan fingerprint density at radius 2 is 2.09 bits per heavy atom. The summed E-state index contributed by atoms with van der Waals surface area (Å²) in [4.78, 5) is 2.36. The molecule has 120 valence electrons. The van der Waals surface area contributed by atoms with Crippen molar-refractivity contribution in [2.24, 2.45) is 0 Å². The van der Waals surface area contributed by atoms with Crippen LogP contribution in [0, 0.1) is 0 Å². The van der Waals surface area contributed by atoms with Gasteiger partial charge in [0.2, 0.25) is 5.95 Å². The van der Waals surface area contributed by atoms with Crippen LogP contribution in [0.3, 0.4) is 0 Å². The summed E-state index contributed by atoms with van der Waals surface area (Å²) >= 11 is 1.80. The van der Waals surface area contributed by atoms with Crippen molar-refractivity contribution in [1.82, 2.24) is 14.8 Å². The second-order valence-electron chi connectivity index (χ2n) is 5.70. The molecule has 5 nitrogen and oxygen atoms in total. The van der Waals surface area contributed by atoms with Crippen LogP contribution in [0.2, 0.25) is 0 Å². The number of anilines is 1. The zero-order valence-corrected chi connectivity index (χ0v) is 14.0. The molecular formula is C16H24N4OS. The zero-order chi connectivity index (χ0) is 15.2. The Labute approximate surface area is 136 Å². The van der Waals surface area contributed by atoms with Crippen molar-refractivity contribution >= 4 is 17.7 Å². The van der Waals surface area contributed by atoms with Gasteiger partial charge in [-0.2, -0.15) is 0 Å². The lowest BCUT2D eigenvalue weighted by atomic mass is 10.1. The minimum Gasteiger partial charge on any atom is -0.467 e. The maximum Gasteiger partial charge on any atom is 0.228 e. The molecule has 6 heteroatoms. The van der Waals surface area contributed by atoms with Crippen molar-refractivity contribution in [3.8, 4) is 0 Å². The Balaban J connectivity index is 1.81. The van der Waals surface area contributed by atoms with Crippen LogP contribution in [0.1, 0.15) is 44.8 Å². The fourth-order valence-corrected chi connectivity index (χ4v) is 3.74. The third kappa shape index (κ3) is 3.66. The Kier molecular flexibility index (Phi) is 5.43. The molecule has 0 saturated carbocycles. The summed E-state index contributed by atoms with van der Waals surface area (Å²) in [6, 6.07) is 3.95. The molecule has 3 rings (SSSR count). The Hall–Kier alpha value is -1.43. The van der Waals surface area contributed by atoms with E-state index in [1.807, 2.05) is 12.1 Å². The van der Waals surface area contributed by atoms with Crippen molar-refractivity contribution in [3.63, 3.8) is 0 Å². The molecule has 2 aromatic rings. The average Bonchev–Trinajstić information content (AvgIpc) is 3.20. The van der Waals surface area contributed by atoms with Gasteiger partial charge in [0.15, 0.2) is 5.16 Å². The highest BCUT2D eigenvalue weighted by Gasteiger charge is 2.20. The SMILES string of the molecule is CCCCSc1nnc(N2CCCCC2)n1Cc1ccco1. The Morgan fingerprint density at radius 3 is 2.82 bits per heavy atom. The smallest absolute Gasteiger partial charge is 0.228 e. The van der Waals surface area contributed by atoms with Crippen molar-refractivity contribution in [2.45, 2.75) is 50.7 Å². The van der Waals surface area contributed by atoms with Crippen LogP contribution >= 0.6 is 11.8 Å². The van der Waals surface area contributed by atoms with Crippen LogP contribution < -0.4 is 4.90 Å². The van der Waals surface area contributed by atoms with Gasteiger partial charge >= 0.3 is 0 Å². The van der Waals surface area contributed by atoms with Gasteiger partial charge in [0.1, 0.15) is 5.76 Å². The number of aromatic nitrogens is 3. The van der Waals surface area contributed by atoms with E-state index in [1.54, 1.807) is 18.0 Å². The van der Waals surface area contributed by atoms with Crippen LogP contribution in [-0.2, 0) is 6.54 Å². The van der Waals surface area contributed by atoms with E-state index in [1.165, 1.54) is 32.1 Å². The van der Waals surface area contributed by atoms with E-state index in [0.717, 1.165) is 35.7 Å². The first-order chi connectivity index (χ1) is 10.9. The summed E-state index contributed by atoms with van der Waals surface area (Å²) in [5, 5.41) is 9.92. The topological polar surface area (TPSA) is 47.1 Å². The molecule has 0 aromatic carbocycles. The van der Waals surface area contributed by atoms with Crippen molar-refractivity contribution in [2.75, 3.05) is 23.7 Å². The number of nitrogens with zero attached hydrogens (tertiary/aromatic N) is 4. The maximum absolute atomic E-state index is 5.53. The average molecular weight is 320 g/mol. The fourth-order valence-electron chi connectivity index (χ4n) is 2.72. The zero-order valence-electron chi connectivity index (χ0n) is 13.2. The maximum atomic E-state index is 5.53. The van der Waals surface area contributed by atoms with E-state index in [-0.39, 0.29) is 0 Å². The molecule has 1 fully saturated rings. The highest BCUT2D eigenvalue weighted by atomic mass is 32.2. The lowest BCUT2D eigenvalue weighted by molar-refractivity contribution is 0.479. The van der Waals surface area contributed by atoms with E-state index in [9.17, 15) is 0 Å². The molecular weight excluding hydrogens is 296 g/mol. The van der Waals surface area contributed by atoms with Gasteiger partial charge in [-0.1, -0.05) is 25.1 Å². The molecule has 0 aliphatic carbocycles. The van der Waals surface area contributed by atoms with Crippen LogP contribution in [0.15, 0.2) is 28.0 Å². The Morgan fingerprint density at radius 1 is 1.23 bits per heavy atom. The molecule has 1 aliphatic heterocycles. The quantitative estimate of drug-likeness (QED) is 0.573. The minimum absolute atomic E-state index is 0.709. The summed E-state index contributed by atoms with van der Waals surface area (Å²) in [7, 11) is 0. The number of hydrogen-bond donors (Lipinski definition) is 0. The summed E-state index contributed by atoms with van der Waals surface area (Å²) in [5.74, 6) is 3.04. The number of piperidine rings is 1.